The SMILES string of the molecule is CCOC(=O)C1CCCn2c(C(=O)c3cccs3)ccc21. The van der Waals surface area contributed by atoms with Crippen LogP contribution in [-0.2, 0) is 16.1 Å². The number of aromatic nitrogens is 1. The number of hydrogen-bond acceptors (Lipinski definition) is 4. The molecular formula is C16H17NO3S. The molecule has 0 radical (unpaired) electrons. The third-order valence-electron chi connectivity index (χ3n) is 3.79. The standard InChI is InChI=1S/C16H17NO3S/c1-2-20-16(19)11-5-3-9-17-12(11)7-8-13(17)15(18)14-6-4-10-21-14/h4,6-8,10-11H,2-3,5,9H2,1H3. The molecule has 0 spiro atoms. The van der Waals surface area contributed by atoms with Crippen LogP contribution in [0.5, 0.6) is 0 Å². The summed E-state index contributed by atoms with van der Waals surface area (Å²) in [7, 11) is 0. The van der Waals surface area contributed by atoms with E-state index < -0.39 is 0 Å². The van der Waals surface area contributed by atoms with Gasteiger partial charge in [0.15, 0.2) is 0 Å². The zero-order chi connectivity index (χ0) is 14.8. The molecule has 0 saturated carbocycles. The van der Waals surface area contributed by atoms with Gasteiger partial charge < -0.3 is 9.30 Å². The van der Waals surface area contributed by atoms with E-state index >= 15 is 0 Å². The number of ether oxygens (including phenoxy) is 1. The first-order chi connectivity index (χ1) is 10.2. The molecule has 1 aliphatic rings. The molecule has 0 saturated heterocycles. The van der Waals surface area contributed by atoms with Crippen molar-refractivity contribution in [3.8, 4) is 0 Å². The van der Waals surface area contributed by atoms with Gasteiger partial charge in [0.2, 0.25) is 5.78 Å². The van der Waals surface area contributed by atoms with Gasteiger partial charge in [0, 0.05) is 12.2 Å². The van der Waals surface area contributed by atoms with Crippen LogP contribution < -0.4 is 0 Å². The Morgan fingerprint density at radius 2 is 2.24 bits per heavy atom. The summed E-state index contributed by atoms with van der Waals surface area (Å²) in [6, 6.07) is 7.43. The van der Waals surface area contributed by atoms with E-state index in [1.165, 1.54) is 11.3 Å². The van der Waals surface area contributed by atoms with Gasteiger partial charge in [-0.3, -0.25) is 9.59 Å². The molecule has 0 N–H and O–H groups in total. The first-order valence-corrected chi connectivity index (χ1v) is 8.04. The summed E-state index contributed by atoms with van der Waals surface area (Å²) in [6.45, 7) is 2.98. The first kappa shape index (κ1) is 14.1. The maximum Gasteiger partial charge on any atom is 0.314 e. The molecule has 0 amide bonds. The fourth-order valence-corrected chi connectivity index (χ4v) is 3.52. The molecule has 0 aromatic carbocycles. The minimum absolute atomic E-state index is 0.0285. The number of nitrogens with zero attached hydrogens (tertiary/aromatic N) is 1. The third-order valence-corrected chi connectivity index (χ3v) is 4.66. The van der Waals surface area contributed by atoms with Crippen LogP contribution in [0.1, 0.15) is 46.7 Å². The van der Waals surface area contributed by atoms with Gasteiger partial charge in [-0.25, -0.2) is 0 Å². The molecule has 1 unspecified atom stereocenters. The highest BCUT2D eigenvalue weighted by atomic mass is 32.1. The smallest absolute Gasteiger partial charge is 0.314 e. The predicted molar refractivity (Wildman–Crippen MR) is 80.8 cm³/mol. The van der Waals surface area contributed by atoms with E-state index in [4.69, 9.17) is 4.74 Å². The molecule has 3 rings (SSSR count). The van der Waals surface area contributed by atoms with E-state index in [9.17, 15) is 9.59 Å². The third kappa shape index (κ3) is 2.53. The van der Waals surface area contributed by atoms with Crippen LogP contribution in [0.3, 0.4) is 0 Å². The van der Waals surface area contributed by atoms with E-state index in [-0.39, 0.29) is 17.7 Å². The summed E-state index contributed by atoms with van der Waals surface area (Å²) in [4.78, 5) is 25.3. The number of esters is 1. The van der Waals surface area contributed by atoms with Gasteiger partial charge in [0.1, 0.15) is 0 Å². The van der Waals surface area contributed by atoms with Crippen molar-refractivity contribution in [1.82, 2.24) is 4.57 Å². The largest absolute Gasteiger partial charge is 0.465 e. The van der Waals surface area contributed by atoms with Gasteiger partial charge in [-0.1, -0.05) is 6.07 Å². The lowest BCUT2D eigenvalue weighted by molar-refractivity contribution is -0.145. The second-order valence-corrected chi connectivity index (χ2v) is 6.00. The van der Waals surface area contributed by atoms with Crippen LogP contribution in [0.2, 0.25) is 0 Å². The minimum atomic E-state index is -0.247. The summed E-state index contributed by atoms with van der Waals surface area (Å²) in [5.74, 6) is -0.406. The number of hydrogen-bond donors (Lipinski definition) is 0. The van der Waals surface area contributed by atoms with Crippen molar-refractivity contribution in [1.29, 1.82) is 0 Å². The van der Waals surface area contributed by atoms with Crippen molar-refractivity contribution >= 4 is 23.1 Å². The fraction of sp³-hybridized carbons (Fsp3) is 0.375. The number of carbonyl (C=O) groups excluding carboxylic acids is 2. The van der Waals surface area contributed by atoms with Gasteiger partial charge in [-0.05, 0) is 43.3 Å². The van der Waals surface area contributed by atoms with Gasteiger partial charge in [-0.2, -0.15) is 0 Å². The monoisotopic (exact) mass is 303 g/mol. The molecular weight excluding hydrogens is 286 g/mol. The lowest BCUT2D eigenvalue weighted by Crippen LogP contribution is -2.25. The Morgan fingerprint density at radius 3 is 2.95 bits per heavy atom. The number of carbonyl (C=O) groups is 2. The molecule has 0 bridgehead atoms. The van der Waals surface area contributed by atoms with Gasteiger partial charge in [-0.15, -0.1) is 11.3 Å². The molecule has 21 heavy (non-hydrogen) atoms. The Balaban J connectivity index is 1.93. The van der Waals surface area contributed by atoms with Crippen molar-refractivity contribution in [2.24, 2.45) is 0 Å². The lowest BCUT2D eigenvalue weighted by Gasteiger charge is -2.24. The number of ketones is 1. The maximum atomic E-state index is 12.5. The highest BCUT2D eigenvalue weighted by molar-refractivity contribution is 7.12. The van der Waals surface area contributed by atoms with Gasteiger partial charge in [0.05, 0.1) is 23.1 Å². The summed E-state index contributed by atoms with van der Waals surface area (Å²) in [5.41, 5.74) is 1.57. The highest BCUT2D eigenvalue weighted by Crippen LogP contribution is 2.31. The molecule has 110 valence electrons. The summed E-state index contributed by atoms with van der Waals surface area (Å²) < 4.78 is 7.12. The number of fused-ring (bicyclic) bond motifs is 1. The van der Waals surface area contributed by atoms with E-state index in [1.54, 1.807) is 0 Å². The topological polar surface area (TPSA) is 48.3 Å². The molecule has 0 fully saturated rings. The average Bonchev–Trinajstić information content (AvgIpc) is 3.16. The van der Waals surface area contributed by atoms with Crippen molar-refractivity contribution < 1.29 is 14.3 Å². The van der Waals surface area contributed by atoms with Crippen molar-refractivity contribution in [3.63, 3.8) is 0 Å². The second-order valence-electron chi connectivity index (χ2n) is 5.05. The zero-order valence-electron chi connectivity index (χ0n) is 11.9. The van der Waals surface area contributed by atoms with Crippen LogP contribution in [0, 0.1) is 0 Å². The van der Waals surface area contributed by atoms with Gasteiger partial charge >= 0.3 is 5.97 Å². The van der Waals surface area contributed by atoms with Crippen LogP contribution in [0.25, 0.3) is 0 Å². The molecule has 3 heterocycles. The Bertz CT molecular complexity index is 657. The number of thiophene rings is 1. The Kier molecular flexibility index (Phi) is 3.92. The minimum Gasteiger partial charge on any atom is -0.465 e. The van der Waals surface area contributed by atoms with Crippen LogP contribution >= 0.6 is 11.3 Å². The van der Waals surface area contributed by atoms with E-state index in [0.717, 1.165) is 30.0 Å². The van der Waals surface area contributed by atoms with Crippen molar-refractivity contribution in [3.05, 3.63) is 45.9 Å². The number of rotatable bonds is 4. The quantitative estimate of drug-likeness (QED) is 0.643. The first-order valence-electron chi connectivity index (χ1n) is 7.16. The van der Waals surface area contributed by atoms with Crippen molar-refractivity contribution in [2.75, 3.05) is 6.61 Å². The summed E-state index contributed by atoms with van der Waals surface area (Å²) >= 11 is 1.44. The van der Waals surface area contributed by atoms with Crippen LogP contribution in [0.4, 0.5) is 0 Å². The Hall–Kier alpha value is -1.88. The average molecular weight is 303 g/mol. The van der Waals surface area contributed by atoms with Crippen LogP contribution in [0.15, 0.2) is 29.6 Å². The summed E-state index contributed by atoms with van der Waals surface area (Å²) in [6.07, 6.45) is 1.67. The Morgan fingerprint density at radius 1 is 1.38 bits per heavy atom. The van der Waals surface area contributed by atoms with E-state index in [1.807, 2.05) is 41.1 Å². The fourth-order valence-electron chi connectivity index (χ4n) is 2.85. The predicted octanol–water partition coefficient (Wildman–Crippen LogP) is 3.22. The van der Waals surface area contributed by atoms with Crippen LogP contribution in [-0.4, -0.2) is 22.9 Å². The maximum absolute atomic E-state index is 12.5. The molecule has 1 atom stereocenters. The lowest BCUT2D eigenvalue weighted by atomic mass is 9.96. The second kappa shape index (κ2) is 5.85. The normalized spacial score (nSPS) is 17.3. The summed E-state index contributed by atoms with van der Waals surface area (Å²) in [5, 5.41) is 1.90. The van der Waals surface area contributed by atoms with Gasteiger partial charge in [0.25, 0.3) is 0 Å². The van der Waals surface area contributed by atoms with Crippen molar-refractivity contribution in [2.45, 2.75) is 32.2 Å². The molecule has 1 aliphatic heterocycles. The molecule has 2 aromatic rings. The molecule has 4 nitrogen and oxygen atoms in total. The Labute approximate surface area is 127 Å². The zero-order valence-corrected chi connectivity index (χ0v) is 12.7. The molecule has 2 aromatic heterocycles. The highest BCUT2D eigenvalue weighted by Gasteiger charge is 2.30. The molecule has 5 heteroatoms. The van der Waals surface area contributed by atoms with E-state index in [2.05, 4.69) is 0 Å². The van der Waals surface area contributed by atoms with E-state index in [0.29, 0.717) is 12.3 Å². The molecule has 0 aliphatic carbocycles.